The molecule has 1 aliphatic heterocycles. The third-order valence-electron chi connectivity index (χ3n) is 5.05. The Morgan fingerprint density at radius 2 is 1.87 bits per heavy atom. The number of nitrogens with zero attached hydrogens (tertiary/aromatic N) is 1. The highest BCUT2D eigenvalue weighted by Gasteiger charge is 2.32. The van der Waals surface area contributed by atoms with E-state index in [2.05, 4.69) is 5.32 Å². The molecule has 0 aliphatic carbocycles. The normalized spacial score (nSPS) is 15.7. The fraction of sp³-hybridized carbons (Fsp3) is 0.381. The molecule has 6 nitrogen and oxygen atoms in total. The van der Waals surface area contributed by atoms with Gasteiger partial charge in [0.1, 0.15) is 11.6 Å². The summed E-state index contributed by atoms with van der Waals surface area (Å²) in [5, 5.41) is 3.08. The average Bonchev–Trinajstić information content (AvgIpc) is 2.74. The van der Waals surface area contributed by atoms with Gasteiger partial charge in [-0.25, -0.2) is 12.8 Å². The number of carbonyl (C=O) groups excluding carboxylic acids is 1. The summed E-state index contributed by atoms with van der Waals surface area (Å²) in [6, 6.07) is 10.3. The summed E-state index contributed by atoms with van der Waals surface area (Å²) < 4.78 is 45.5. The van der Waals surface area contributed by atoms with Crippen LogP contribution in [-0.4, -0.2) is 38.3 Å². The molecular weight excluding hydrogens is 431 g/mol. The Morgan fingerprint density at radius 1 is 1.20 bits per heavy atom. The average molecular weight is 455 g/mol. The van der Waals surface area contributed by atoms with Crippen molar-refractivity contribution in [1.29, 1.82) is 0 Å². The molecule has 162 valence electrons. The van der Waals surface area contributed by atoms with Crippen LogP contribution >= 0.6 is 11.6 Å². The number of sulfonamides is 1. The number of benzene rings is 2. The summed E-state index contributed by atoms with van der Waals surface area (Å²) in [4.78, 5) is 12.5. The molecule has 1 saturated heterocycles. The van der Waals surface area contributed by atoms with E-state index in [-0.39, 0.29) is 40.6 Å². The van der Waals surface area contributed by atoms with Crippen LogP contribution in [0.5, 0.6) is 5.75 Å². The second-order valence-corrected chi connectivity index (χ2v) is 9.39. The predicted molar refractivity (Wildman–Crippen MR) is 112 cm³/mol. The molecule has 3 rings (SSSR count). The van der Waals surface area contributed by atoms with E-state index >= 15 is 0 Å². The van der Waals surface area contributed by atoms with E-state index in [9.17, 15) is 17.6 Å². The van der Waals surface area contributed by atoms with Crippen LogP contribution in [0.3, 0.4) is 0 Å². The van der Waals surface area contributed by atoms with Crippen molar-refractivity contribution in [2.45, 2.75) is 31.2 Å². The Morgan fingerprint density at radius 3 is 2.47 bits per heavy atom. The Labute approximate surface area is 181 Å². The van der Waals surface area contributed by atoms with E-state index in [1.54, 1.807) is 18.2 Å². The maximum atomic E-state index is 13.0. The van der Waals surface area contributed by atoms with Crippen LogP contribution in [0.4, 0.5) is 4.39 Å². The fourth-order valence-electron chi connectivity index (χ4n) is 3.36. The largest absolute Gasteiger partial charge is 0.492 e. The molecule has 9 heteroatoms. The molecule has 0 unspecified atom stereocenters. The van der Waals surface area contributed by atoms with Gasteiger partial charge in [-0.1, -0.05) is 23.7 Å². The van der Waals surface area contributed by atoms with E-state index in [0.29, 0.717) is 31.7 Å². The molecule has 0 bridgehead atoms. The molecule has 1 N–H and O–H groups in total. The van der Waals surface area contributed by atoms with Crippen LogP contribution in [0, 0.1) is 11.7 Å². The van der Waals surface area contributed by atoms with E-state index < -0.39 is 10.0 Å². The van der Waals surface area contributed by atoms with Crippen LogP contribution < -0.4 is 10.1 Å². The van der Waals surface area contributed by atoms with Gasteiger partial charge in [-0.3, -0.25) is 4.79 Å². The first-order valence-electron chi connectivity index (χ1n) is 9.76. The van der Waals surface area contributed by atoms with E-state index in [0.717, 1.165) is 5.56 Å². The number of hydrogen-bond acceptors (Lipinski definition) is 4. The lowest BCUT2D eigenvalue weighted by Gasteiger charge is -2.30. The predicted octanol–water partition coefficient (Wildman–Crippen LogP) is 3.59. The molecule has 0 radical (unpaired) electrons. The van der Waals surface area contributed by atoms with Crippen molar-refractivity contribution in [2.75, 3.05) is 19.7 Å². The quantitative estimate of drug-likeness (QED) is 0.693. The lowest BCUT2D eigenvalue weighted by atomic mass is 9.97. The zero-order valence-corrected chi connectivity index (χ0v) is 18.2. The first-order chi connectivity index (χ1) is 14.3. The molecule has 2 aromatic carbocycles. The molecule has 0 spiro atoms. The Balaban J connectivity index is 1.56. The number of rotatable bonds is 7. The summed E-state index contributed by atoms with van der Waals surface area (Å²) in [5.41, 5.74) is 0.803. The van der Waals surface area contributed by atoms with Gasteiger partial charge in [0.15, 0.2) is 0 Å². The zero-order valence-electron chi connectivity index (χ0n) is 16.6. The first-order valence-corrected chi connectivity index (χ1v) is 11.6. The number of halogens is 2. The van der Waals surface area contributed by atoms with Gasteiger partial charge < -0.3 is 10.1 Å². The van der Waals surface area contributed by atoms with E-state index in [1.807, 2.05) is 6.92 Å². The van der Waals surface area contributed by atoms with E-state index in [1.165, 1.54) is 28.6 Å². The van der Waals surface area contributed by atoms with Crippen molar-refractivity contribution < 1.29 is 22.3 Å². The second-order valence-electron chi connectivity index (χ2n) is 7.05. The number of nitrogens with one attached hydrogen (secondary N) is 1. The van der Waals surface area contributed by atoms with Crippen LogP contribution in [0.1, 0.15) is 25.3 Å². The smallest absolute Gasteiger partial charge is 0.243 e. The van der Waals surface area contributed by atoms with Gasteiger partial charge in [-0.2, -0.15) is 4.31 Å². The van der Waals surface area contributed by atoms with Crippen LogP contribution in [-0.2, 0) is 21.4 Å². The topological polar surface area (TPSA) is 75.7 Å². The van der Waals surface area contributed by atoms with Crippen LogP contribution in [0.2, 0.25) is 5.02 Å². The van der Waals surface area contributed by atoms with Crippen LogP contribution in [0.25, 0.3) is 0 Å². The SMILES string of the molecule is CCOc1ccc(S(=O)(=O)N2CCC(C(=O)NCc3ccc(F)cc3)CC2)cc1Cl. The Hall–Kier alpha value is -2.16. The standard InChI is InChI=1S/C21H24ClFN2O4S/c1-2-29-20-8-7-18(13-19(20)22)30(27,28)25-11-9-16(10-12-25)21(26)24-14-15-3-5-17(23)6-4-15/h3-8,13,16H,2,9-12,14H2,1H3,(H,24,26). The van der Waals surface area contributed by atoms with Crippen molar-refractivity contribution in [3.8, 4) is 5.75 Å². The van der Waals surface area contributed by atoms with Crippen LogP contribution in [0.15, 0.2) is 47.4 Å². The highest BCUT2D eigenvalue weighted by Crippen LogP contribution is 2.30. The van der Waals surface area contributed by atoms with Gasteiger partial charge in [-0.05, 0) is 55.7 Å². The summed E-state index contributed by atoms with van der Waals surface area (Å²) in [6.07, 6.45) is 0.860. The third kappa shape index (κ3) is 5.30. The summed E-state index contributed by atoms with van der Waals surface area (Å²) in [7, 11) is -3.70. The number of carbonyl (C=O) groups is 1. The third-order valence-corrected chi connectivity index (χ3v) is 7.24. The highest BCUT2D eigenvalue weighted by molar-refractivity contribution is 7.89. The number of piperidine rings is 1. The highest BCUT2D eigenvalue weighted by atomic mass is 35.5. The monoisotopic (exact) mass is 454 g/mol. The molecule has 1 fully saturated rings. The lowest BCUT2D eigenvalue weighted by Crippen LogP contribution is -2.42. The first kappa shape index (κ1) is 22.5. The fourth-order valence-corrected chi connectivity index (χ4v) is 5.15. The minimum atomic E-state index is -3.70. The molecule has 30 heavy (non-hydrogen) atoms. The van der Waals surface area contributed by atoms with Gasteiger partial charge >= 0.3 is 0 Å². The second kappa shape index (κ2) is 9.76. The van der Waals surface area contributed by atoms with Crippen molar-refractivity contribution in [3.63, 3.8) is 0 Å². The van der Waals surface area contributed by atoms with Crippen molar-refractivity contribution in [3.05, 3.63) is 58.9 Å². The summed E-state index contributed by atoms with van der Waals surface area (Å²) in [6.45, 7) is 3.06. The summed E-state index contributed by atoms with van der Waals surface area (Å²) in [5.74, 6) is -0.275. The molecule has 1 heterocycles. The zero-order chi connectivity index (χ0) is 21.7. The van der Waals surface area contributed by atoms with Crippen molar-refractivity contribution >= 4 is 27.5 Å². The summed E-state index contributed by atoms with van der Waals surface area (Å²) >= 11 is 6.13. The van der Waals surface area contributed by atoms with E-state index in [4.69, 9.17) is 16.3 Å². The minimum absolute atomic E-state index is 0.107. The lowest BCUT2D eigenvalue weighted by molar-refractivity contribution is -0.126. The van der Waals surface area contributed by atoms with Gasteiger partial charge in [0, 0.05) is 25.6 Å². The molecule has 0 aromatic heterocycles. The van der Waals surface area contributed by atoms with Gasteiger partial charge in [0.2, 0.25) is 15.9 Å². The molecule has 2 aromatic rings. The maximum absolute atomic E-state index is 13.0. The number of ether oxygens (including phenoxy) is 1. The Bertz CT molecular complexity index is 991. The molecular formula is C21H24ClFN2O4S. The molecule has 1 aliphatic rings. The van der Waals surface area contributed by atoms with Crippen molar-refractivity contribution in [1.82, 2.24) is 9.62 Å². The molecule has 0 saturated carbocycles. The number of hydrogen-bond donors (Lipinski definition) is 1. The maximum Gasteiger partial charge on any atom is 0.243 e. The van der Waals surface area contributed by atoms with Gasteiger partial charge in [0.25, 0.3) is 0 Å². The Kier molecular flexibility index (Phi) is 7.33. The van der Waals surface area contributed by atoms with Gasteiger partial charge in [-0.15, -0.1) is 0 Å². The number of amides is 1. The molecule has 0 atom stereocenters. The molecule has 1 amide bonds. The minimum Gasteiger partial charge on any atom is -0.492 e. The van der Waals surface area contributed by atoms with Gasteiger partial charge in [0.05, 0.1) is 16.5 Å². The van der Waals surface area contributed by atoms with Crippen molar-refractivity contribution in [2.24, 2.45) is 5.92 Å².